The van der Waals surface area contributed by atoms with Crippen LogP contribution in [0.15, 0.2) is 6.08 Å². The van der Waals surface area contributed by atoms with E-state index in [0.717, 1.165) is 27.9 Å². The second-order valence-corrected chi connectivity index (χ2v) is 4.30. The van der Waals surface area contributed by atoms with Crippen LogP contribution in [0.25, 0.3) is 6.08 Å². The Morgan fingerprint density at radius 1 is 1.13 bits per heavy atom. The minimum absolute atomic E-state index is 0.361. The molecule has 1 aromatic rings. The van der Waals surface area contributed by atoms with Crippen molar-refractivity contribution in [2.45, 2.75) is 33.7 Å². The normalized spacial score (nSPS) is 18.5. The van der Waals surface area contributed by atoms with Gasteiger partial charge in [-0.25, -0.2) is 0 Å². The Balaban J connectivity index is 2.74. The maximum atomic E-state index is 9.95. The molecule has 0 saturated carbocycles. The van der Waals surface area contributed by atoms with Crippen LogP contribution in [-0.4, -0.2) is 11.1 Å². The van der Waals surface area contributed by atoms with Crippen molar-refractivity contribution in [2.75, 3.05) is 5.32 Å². The SMILES string of the molecule is Cc1c(C)c2c(c(C)c1O)C=CC(C)N2. The van der Waals surface area contributed by atoms with Crippen LogP contribution >= 0.6 is 0 Å². The topological polar surface area (TPSA) is 32.3 Å². The number of hydrogen-bond donors (Lipinski definition) is 2. The summed E-state index contributed by atoms with van der Waals surface area (Å²) in [5, 5.41) is 13.4. The summed E-state index contributed by atoms with van der Waals surface area (Å²) in [5.74, 6) is 0.423. The highest BCUT2D eigenvalue weighted by molar-refractivity contribution is 5.79. The number of aromatic hydroxyl groups is 1. The van der Waals surface area contributed by atoms with Crippen molar-refractivity contribution in [3.05, 3.63) is 28.3 Å². The van der Waals surface area contributed by atoms with E-state index in [1.165, 1.54) is 0 Å². The predicted octanol–water partition coefficient (Wildman–Crippen LogP) is 3.14. The van der Waals surface area contributed by atoms with Crippen LogP contribution in [-0.2, 0) is 0 Å². The quantitative estimate of drug-likeness (QED) is 0.635. The highest BCUT2D eigenvalue weighted by Crippen LogP contribution is 2.38. The van der Waals surface area contributed by atoms with Crippen molar-refractivity contribution < 1.29 is 5.11 Å². The summed E-state index contributed by atoms with van der Waals surface area (Å²) < 4.78 is 0. The van der Waals surface area contributed by atoms with E-state index in [9.17, 15) is 5.11 Å². The Hall–Kier alpha value is -1.44. The largest absolute Gasteiger partial charge is 0.507 e. The van der Waals surface area contributed by atoms with Gasteiger partial charge in [0, 0.05) is 22.9 Å². The molecule has 2 N–H and O–H groups in total. The summed E-state index contributed by atoms with van der Waals surface area (Å²) in [4.78, 5) is 0. The summed E-state index contributed by atoms with van der Waals surface area (Å²) in [6.07, 6.45) is 4.21. The summed E-state index contributed by atoms with van der Waals surface area (Å²) >= 11 is 0. The van der Waals surface area contributed by atoms with Crippen molar-refractivity contribution in [2.24, 2.45) is 0 Å². The number of fused-ring (bicyclic) bond motifs is 1. The van der Waals surface area contributed by atoms with Gasteiger partial charge in [0.2, 0.25) is 0 Å². The lowest BCUT2D eigenvalue weighted by Gasteiger charge is -2.24. The van der Waals surface area contributed by atoms with Crippen LogP contribution in [0.4, 0.5) is 5.69 Å². The van der Waals surface area contributed by atoms with Gasteiger partial charge in [-0.3, -0.25) is 0 Å². The molecule has 0 spiro atoms. The molecule has 2 nitrogen and oxygen atoms in total. The van der Waals surface area contributed by atoms with E-state index in [4.69, 9.17) is 0 Å². The van der Waals surface area contributed by atoms with E-state index in [2.05, 4.69) is 24.4 Å². The van der Waals surface area contributed by atoms with E-state index in [1.807, 2.05) is 20.8 Å². The molecule has 0 fully saturated rings. The molecule has 1 heterocycles. The van der Waals surface area contributed by atoms with E-state index in [-0.39, 0.29) is 0 Å². The fourth-order valence-corrected chi connectivity index (χ4v) is 2.07. The lowest BCUT2D eigenvalue weighted by Crippen LogP contribution is -2.18. The molecular weight excluding hydrogens is 186 g/mol. The Morgan fingerprint density at radius 2 is 1.80 bits per heavy atom. The average molecular weight is 203 g/mol. The van der Waals surface area contributed by atoms with Crippen molar-refractivity contribution in [3.8, 4) is 5.75 Å². The molecule has 1 aromatic carbocycles. The summed E-state index contributed by atoms with van der Waals surface area (Å²) in [5.41, 5.74) is 5.36. The monoisotopic (exact) mass is 203 g/mol. The smallest absolute Gasteiger partial charge is 0.122 e. The highest BCUT2D eigenvalue weighted by atomic mass is 16.3. The average Bonchev–Trinajstić information content (AvgIpc) is 2.23. The first kappa shape index (κ1) is 10.1. The van der Waals surface area contributed by atoms with Gasteiger partial charge in [-0.05, 0) is 38.8 Å². The van der Waals surface area contributed by atoms with Crippen LogP contribution in [0.1, 0.15) is 29.2 Å². The molecule has 2 heteroatoms. The van der Waals surface area contributed by atoms with Crippen LogP contribution in [0.2, 0.25) is 0 Å². The van der Waals surface area contributed by atoms with E-state index < -0.39 is 0 Å². The Labute approximate surface area is 90.6 Å². The Bertz CT molecular complexity index is 447. The molecule has 0 aromatic heterocycles. The molecule has 1 atom stereocenters. The zero-order chi connectivity index (χ0) is 11.2. The van der Waals surface area contributed by atoms with Crippen molar-refractivity contribution in [1.29, 1.82) is 0 Å². The van der Waals surface area contributed by atoms with Crippen molar-refractivity contribution in [3.63, 3.8) is 0 Å². The second kappa shape index (κ2) is 3.30. The van der Waals surface area contributed by atoms with Crippen LogP contribution in [0.3, 0.4) is 0 Å². The fourth-order valence-electron chi connectivity index (χ4n) is 2.07. The van der Waals surface area contributed by atoms with Crippen LogP contribution in [0.5, 0.6) is 5.75 Å². The lowest BCUT2D eigenvalue weighted by atomic mass is 9.93. The van der Waals surface area contributed by atoms with Gasteiger partial charge in [-0.1, -0.05) is 12.2 Å². The van der Waals surface area contributed by atoms with Gasteiger partial charge in [0.1, 0.15) is 5.75 Å². The molecule has 0 bridgehead atoms. The maximum Gasteiger partial charge on any atom is 0.122 e. The molecule has 0 saturated heterocycles. The molecule has 0 radical (unpaired) electrons. The van der Waals surface area contributed by atoms with E-state index in [0.29, 0.717) is 11.8 Å². The van der Waals surface area contributed by atoms with Gasteiger partial charge in [-0.2, -0.15) is 0 Å². The first-order valence-corrected chi connectivity index (χ1v) is 5.29. The molecule has 15 heavy (non-hydrogen) atoms. The number of phenols is 1. The van der Waals surface area contributed by atoms with Gasteiger partial charge in [0.05, 0.1) is 0 Å². The van der Waals surface area contributed by atoms with Gasteiger partial charge >= 0.3 is 0 Å². The maximum absolute atomic E-state index is 9.95. The predicted molar refractivity (Wildman–Crippen MR) is 64.4 cm³/mol. The third-order valence-electron chi connectivity index (χ3n) is 3.24. The lowest BCUT2D eigenvalue weighted by molar-refractivity contribution is 0.466. The third-order valence-corrected chi connectivity index (χ3v) is 3.24. The zero-order valence-electron chi connectivity index (χ0n) is 9.68. The molecule has 0 aliphatic carbocycles. The van der Waals surface area contributed by atoms with E-state index in [1.54, 1.807) is 0 Å². The molecule has 1 aliphatic rings. The summed E-state index contributed by atoms with van der Waals surface area (Å²) in [6.45, 7) is 8.09. The Morgan fingerprint density at radius 3 is 2.47 bits per heavy atom. The first-order chi connectivity index (χ1) is 7.02. The highest BCUT2D eigenvalue weighted by Gasteiger charge is 2.18. The molecular formula is C13H17NO. The summed E-state index contributed by atoms with van der Waals surface area (Å²) in [7, 11) is 0. The second-order valence-electron chi connectivity index (χ2n) is 4.30. The van der Waals surface area contributed by atoms with Crippen molar-refractivity contribution >= 4 is 11.8 Å². The molecule has 1 unspecified atom stereocenters. The number of benzene rings is 1. The fraction of sp³-hybridized carbons (Fsp3) is 0.385. The third kappa shape index (κ3) is 1.41. The van der Waals surface area contributed by atoms with Crippen molar-refractivity contribution in [1.82, 2.24) is 0 Å². The van der Waals surface area contributed by atoms with Gasteiger partial charge in [0.15, 0.2) is 0 Å². The van der Waals surface area contributed by atoms with Gasteiger partial charge in [0.25, 0.3) is 0 Å². The molecule has 0 amide bonds. The van der Waals surface area contributed by atoms with Crippen LogP contribution < -0.4 is 5.32 Å². The Kier molecular flexibility index (Phi) is 2.22. The zero-order valence-corrected chi connectivity index (χ0v) is 9.68. The number of hydrogen-bond acceptors (Lipinski definition) is 2. The molecule has 80 valence electrons. The minimum atomic E-state index is 0.361. The number of anilines is 1. The molecule has 1 aliphatic heterocycles. The van der Waals surface area contributed by atoms with Crippen LogP contribution in [0, 0.1) is 20.8 Å². The summed E-state index contributed by atoms with van der Waals surface area (Å²) in [6, 6.07) is 0.361. The van der Waals surface area contributed by atoms with Gasteiger partial charge in [-0.15, -0.1) is 0 Å². The van der Waals surface area contributed by atoms with E-state index >= 15 is 0 Å². The molecule has 2 rings (SSSR count). The van der Waals surface area contributed by atoms with Gasteiger partial charge < -0.3 is 10.4 Å². The first-order valence-electron chi connectivity index (χ1n) is 5.29. The number of nitrogens with one attached hydrogen (secondary N) is 1. The minimum Gasteiger partial charge on any atom is -0.507 e. The number of phenolic OH excluding ortho intramolecular Hbond substituents is 1. The standard InChI is InChI=1S/C13H17NO/c1-7-5-6-11-10(4)13(15)9(3)8(2)12(11)14-7/h5-7,14-15H,1-4H3. The number of rotatable bonds is 0.